The minimum atomic E-state index is -0.777. The van der Waals surface area contributed by atoms with Crippen LogP contribution in [0.3, 0.4) is 0 Å². The summed E-state index contributed by atoms with van der Waals surface area (Å²) in [4.78, 5) is 36.5. The van der Waals surface area contributed by atoms with Crippen LogP contribution in [0.2, 0.25) is 0 Å². The van der Waals surface area contributed by atoms with Gasteiger partial charge in [0, 0.05) is 38.4 Å². The first-order valence-electron chi connectivity index (χ1n) is 15.2. The van der Waals surface area contributed by atoms with E-state index in [1.165, 1.54) is 19.3 Å². The molecule has 2 saturated heterocycles. The summed E-state index contributed by atoms with van der Waals surface area (Å²) in [6, 6.07) is 10.7. The average Bonchev–Trinajstić information content (AvgIpc) is 3.01. The number of ether oxygens (including phenoxy) is 2. The van der Waals surface area contributed by atoms with Crippen molar-refractivity contribution in [1.29, 1.82) is 0 Å². The molecule has 1 atom stereocenters. The second kappa shape index (κ2) is 13.1. The third kappa shape index (κ3) is 6.43. The predicted octanol–water partition coefficient (Wildman–Crippen LogP) is 5.48. The lowest BCUT2D eigenvalue weighted by atomic mass is 9.77. The third-order valence-electron chi connectivity index (χ3n) is 9.13. The lowest BCUT2D eigenvalue weighted by Gasteiger charge is -2.52. The number of piperazine rings is 1. The lowest BCUT2D eigenvalue weighted by molar-refractivity contribution is -0.160. The molecule has 0 radical (unpaired) electrons. The molecule has 3 fully saturated rings. The maximum atomic E-state index is 13.9. The molecule has 0 unspecified atom stereocenters. The molecule has 2 aromatic rings. The van der Waals surface area contributed by atoms with E-state index in [0.717, 1.165) is 62.2 Å². The van der Waals surface area contributed by atoms with E-state index in [2.05, 4.69) is 28.7 Å². The minimum absolute atomic E-state index is 0.00323. The van der Waals surface area contributed by atoms with Crippen LogP contribution in [0.5, 0.6) is 17.4 Å². The van der Waals surface area contributed by atoms with E-state index >= 15 is 0 Å². The van der Waals surface area contributed by atoms with E-state index in [0.29, 0.717) is 36.9 Å². The predicted molar refractivity (Wildman–Crippen MR) is 159 cm³/mol. The van der Waals surface area contributed by atoms with Gasteiger partial charge in [0.05, 0.1) is 7.11 Å². The highest BCUT2D eigenvalue weighted by atomic mass is 16.5. The summed E-state index contributed by atoms with van der Waals surface area (Å²) < 4.78 is 11.1. The first-order valence-corrected chi connectivity index (χ1v) is 15.2. The number of unbranched alkanes of at least 4 members (excludes halogenated alkanes) is 1. The summed E-state index contributed by atoms with van der Waals surface area (Å²) in [5, 5.41) is 3.15. The number of aromatic nitrogens is 1. The van der Waals surface area contributed by atoms with E-state index < -0.39 is 11.6 Å². The minimum Gasteiger partial charge on any atom is -0.497 e. The van der Waals surface area contributed by atoms with Crippen molar-refractivity contribution >= 4 is 11.8 Å². The Morgan fingerprint density at radius 2 is 1.76 bits per heavy atom. The number of nitrogens with zero attached hydrogens (tertiary/aromatic N) is 3. The van der Waals surface area contributed by atoms with Gasteiger partial charge in [-0.1, -0.05) is 45.3 Å². The fourth-order valence-corrected chi connectivity index (χ4v) is 6.58. The molecular weight excluding hydrogens is 516 g/mol. The second-order valence-electron chi connectivity index (χ2n) is 11.7. The summed E-state index contributed by atoms with van der Waals surface area (Å²) in [5.41, 5.74) is 1.21. The Morgan fingerprint density at radius 1 is 1.05 bits per heavy atom. The normalized spacial score (nSPS) is 21.5. The van der Waals surface area contributed by atoms with Gasteiger partial charge in [-0.3, -0.25) is 14.5 Å². The van der Waals surface area contributed by atoms with Crippen LogP contribution in [0.4, 0.5) is 0 Å². The van der Waals surface area contributed by atoms with E-state index in [1.54, 1.807) is 7.11 Å². The van der Waals surface area contributed by atoms with Crippen LogP contribution in [0.15, 0.2) is 54.7 Å². The number of likely N-dealkylation sites (tertiary alicyclic amines) is 1. The zero-order chi connectivity index (χ0) is 28.8. The van der Waals surface area contributed by atoms with E-state index in [1.807, 2.05) is 47.5 Å². The molecule has 41 heavy (non-hydrogen) atoms. The Kier molecular flexibility index (Phi) is 9.28. The fourth-order valence-electron chi connectivity index (χ4n) is 6.58. The highest BCUT2D eigenvalue weighted by Gasteiger charge is 2.54. The molecule has 1 aromatic carbocycles. The smallest absolute Gasteiger partial charge is 0.250 e. The molecule has 2 amide bonds. The molecule has 5 rings (SSSR count). The Morgan fingerprint density at radius 3 is 2.39 bits per heavy atom. The molecule has 1 saturated carbocycles. The summed E-state index contributed by atoms with van der Waals surface area (Å²) in [6.45, 7) is 9.30. The van der Waals surface area contributed by atoms with E-state index in [-0.39, 0.29) is 11.8 Å². The van der Waals surface area contributed by atoms with Crippen molar-refractivity contribution in [3.8, 4) is 17.4 Å². The van der Waals surface area contributed by atoms with Gasteiger partial charge in [-0.2, -0.15) is 0 Å². The van der Waals surface area contributed by atoms with Crippen molar-refractivity contribution in [2.75, 3.05) is 26.7 Å². The molecular formula is C33H44N4O4. The Hall–Kier alpha value is -3.39. The SMILES string of the molecule is C=C(C1CCCCC1)[C@@H]1NC(=O)C2(CCN(Cc3ccc(Oc4ccc(OC)cc4)nc3)CC2)N(CCCC)C1=O. The Bertz CT molecular complexity index is 1200. The molecule has 2 aliphatic heterocycles. The number of rotatable bonds is 10. The van der Waals surface area contributed by atoms with Crippen molar-refractivity contribution in [3.63, 3.8) is 0 Å². The lowest BCUT2D eigenvalue weighted by Crippen LogP contribution is -2.73. The summed E-state index contributed by atoms with van der Waals surface area (Å²) >= 11 is 0. The quantitative estimate of drug-likeness (QED) is 0.388. The Balaban J connectivity index is 1.21. The third-order valence-corrected chi connectivity index (χ3v) is 9.13. The first kappa shape index (κ1) is 29.1. The van der Waals surface area contributed by atoms with Crippen LogP contribution in [0.1, 0.15) is 70.3 Å². The van der Waals surface area contributed by atoms with Crippen LogP contribution in [-0.2, 0) is 16.1 Å². The number of nitrogens with one attached hydrogen (secondary N) is 1. The highest BCUT2D eigenvalue weighted by Crippen LogP contribution is 2.38. The van der Waals surface area contributed by atoms with Crippen LogP contribution >= 0.6 is 0 Å². The molecule has 8 heteroatoms. The van der Waals surface area contributed by atoms with Crippen molar-refractivity contribution < 1.29 is 19.1 Å². The number of hydrogen-bond acceptors (Lipinski definition) is 6. The summed E-state index contributed by atoms with van der Waals surface area (Å²) in [6.07, 6.45) is 10.7. The topological polar surface area (TPSA) is 84.0 Å². The largest absolute Gasteiger partial charge is 0.497 e. The van der Waals surface area contributed by atoms with Gasteiger partial charge >= 0.3 is 0 Å². The fraction of sp³-hybridized carbons (Fsp3) is 0.545. The average molecular weight is 561 g/mol. The van der Waals surface area contributed by atoms with Crippen LogP contribution in [-0.4, -0.2) is 64.9 Å². The molecule has 220 valence electrons. The van der Waals surface area contributed by atoms with Crippen molar-refractivity contribution in [1.82, 2.24) is 20.1 Å². The molecule has 0 bridgehead atoms. The van der Waals surface area contributed by atoms with Crippen molar-refractivity contribution in [2.45, 2.75) is 82.8 Å². The standard InChI is InChI=1S/C33H44N4O4/c1-4-5-19-37-31(38)30(24(2)26-9-7-6-8-10-26)35-32(39)33(37)17-20-36(21-18-33)23-25-11-16-29(34-22-25)41-28-14-12-27(40-3)13-15-28/h11-16,22,26,30H,2,4-10,17-21,23H2,1,3H3,(H,35,39)/t30-/m0/s1. The van der Waals surface area contributed by atoms with Gasteiger partial charge in [-0.15, -0.1) is 0 Å². The number of carbonyl (C=O) groups is 2. The number of carbonyl (C=O) groups excluding carboxylic acids is 2. The van der Waals surface area contributed by atoms with Crippen molar-refractivity contribution in [2.24, 2.45) is 5.92 Å². The summed E-state index contributed by atoms with van der Waals surface area (Å²) in [5.74, 6) is 2.37. The molecule has 1 aliphatic carbocycles. The molecule has 3 aliphatic rings. The van der Waals surface area contributed by atoms with Gasteiger partial charge in [0.2, 0.25) is 17.7 Å². The number of benzene rings is 1. The van der Waals surface area contributed by atoms with Gasteiger partial charge in [0.1, 0.15) is 23.1 Å². The van der Waals surface area contributed by atoms with E-state index in [4.69, 9.17) is 9.47 Å². The van der Waals surface area contributed by atoms with E-state index in [9.17, 15) is 9.59 Å². The molecule has 8 nitrogen and oxygen atoms in total. The molecule has 1 spiro atoms. The molecule has 1 aromatic heterocycles. The number of pyridine rings is 1. The van der Waals surface area contributed by atoms with Gasteiger partial charge in [-0.25, -0.2) is 4.98 Å². The maximum absolute atomic E-state index is 13.9. The zero-order valence-corrected chi connectivity index (χ0v) is 24.6. The van der Waals surface area contributed by atoms with Crippen molar-refractivity contribution in [3.05, 3.63) is 60.3 Å². The van der Waals surface area contributed by atoms with Gasteiger partial charge in [0.25, 0.3) is 0 Å². The Labute approximate surface area is 244 Å². The maximum Gasteiger partial charge on any atom is 0.250 e. The highest BCUT2D eigenvalue weighted by molar-refractivity contribution is 6.01. The van der Waals surface area contributed by atoms with Gasteiger partial charge in [-0.05, 0) is 73.4 Å². The number of amides is 2. The van der Waals surface area contributed by atoms with Gasteiger partial charge in [0.15, 0.2) is 0 Å². The van der Waals surface area contributed by atoms with Crippen LogP contribution in [0.25, 0.3) is 0 Å². The molecule has 1 N–H and O–H groups in total. The van der Waals surface area contributed by atoms with Gasteiger partial charge < -0.3 is 19.7 Å². The number of hydrogen-bond donors (Lipinski definition) is 1. The monoisotopic (exact) mass is 560 g/mol. The zero-order valence-electron chi connectivity index (χ0n) is 24.6. The second-order valence-corrected chi connectivity index (χ2v) is 11.7. The van der Waals surface area contributed by atoms with Crippen LogP contribution in [0, 0.1) is 5.92 Å². The molecule has 3 heterocycles. The first-order chi connectivity index (χ1) is 19.9. The van der Waals surface area contributed by atoms with Crippen LogP contribution < -0.4 is 14.8 Å². The number of piperidine rings is 1. The summed E-state index contributed by atoms with van der Waals surface area (Å²) in [7, 11) is 1.63. The number of methoxy groups -OCH3 is 1.